The summed E-state index contributed by atoms with van der Waals surface area (Å²) in [4.78, 5) is 0. The van der Waals surface area contributed by atoms with Gasteiger partial charge in [0.15, 0.2) is 0 Å². The Morgan fingerprint density at radius 2 is 1.73 bits per heavy atom. The molecule has 0 fully saturated rings. The Morgan fingerprint density at radius 1 is 1.18 bits per heavy atom. The normalized spacial score (nSPS) is 16.8. The molecule has 0 heterocycles. The first-order chi connectivity index (χ1) is 5.40. The average Bonchev–Trinajstić information content (AvgIpc) is 2.46. The SMILES string of the molecule is [CH2-][NH2+]C1Cc2ccccc2C1. The minimum atomic E-state index is 0.687. The lowest BCUT2D eigenvalue weighted by atomic mass is 10.1. The van der Waals surface area contributed by atoms with Crippen LogP contribution in [0, 0.1) is 7.05 Å². The summed E-state index contributed by atoms with van der Waals surface area (Å²) in [5.74, 6) is 0. The highest BCUT2D eigenvalue weighted by molar-refractivity contribution is 5.32. The summed E-state index contributed by atoms with van der Waals surface area (Å²) in [6, 6.07) is 9.36. The lowest BCUT2D eigenvalue weighted by Gasteiger charge is -2.06. The number of nitrogens with two attached hydrogens (primary N) is 1. The summed E-state index contributed by atoms with van der Waals surface area (Å²) in [6.45, 7) is 0. The maximum atomic E-state index is 3.83. The molecule has 58 valence electrons. The molecule has 0 unspecified atom stereocenters. The van der Waals surface area contributed by atoms with Crippen LogP contribution < -0.4 is 5.32 Å². The highest BCUT2D eigenvalue weighted by Crippen LogP contribution is 2.19. The molecule has 0 aromatic heterocycles. The van der Waals surface area contributed by atoms with Crippen LogP contribution in [0.5, 0.6) is 0 Å². The van der Waals surface area contributed by atoms with Crippen LogP contribution in [0.3, 0.4) is 0 Å². The number of hydrogen-bond donors (Lipinski definition) is 1. The van der Waals surface area contributed by atoms with Crippen LogP contribution in [0.4, 0.5) is 0 Å². The molecule has 0 spiro atoms. The number of benzene rings is 1. The van der Waals surface area contributed by atoms with Crippen molar-refractivity contribution in [1.29, 1.82) is 0 Å². The van der Waals surface area contributed by atoms with E-state index in [1.165, 1.54) is 24.0 Å². The minimum absolute atomic E-state index is 0.687. The topological polar surface area (TPSA) is 16.6 Å². The highest BCUT2D eigenvalue weighted by atomic mass is 14.9. The summed E-state index contributed by atoms with van der Waals surface area (Å²) >= 11 is 0. The summed E-state index contributed by atoms with van der Waals surface area (Å²) in [5, 5.41) is 2.07. The third-order valence-electron chi connectivity index (χ3n) is 2.42. The van der Waals surface area contributed by atoms with E-state index in [4.69, 9.17) is 0 Å². The van der Waals surface area contributed by atoms with Crippen molar-refractivity contribution in [2.45, 2.75) is 18.9 Å². The van der Waals surface area contributed by atoms with Gasteiger partial charge in [-0.3, -0.25) is 0 Å². The van der Waals surface area contributed by atoms with Gasteiger partial charge in [-0.2, -0.15) is 7.05 Å². The van der Waals surface area contributed by atoms with E-state index in [0.29, 0.717) is 6.04 Å². The fraction of sp³-hybridized carbons (Fsp3) is 0.300. The Labute approximate surface area is 67.4 Å². The van der Waals surface area contributed by atoms with Gasteiger partial charge in [-0.25, -0.2) is 0 Å². The summed E-state index contributed by atoms with van der Waals surface area (Å²) in [6.07, 6.45) is 2.39. The Balaban J connectivity index is 2.27. The molecule has 1 aromatic carbocycles. The molecule has 1 aliphatic carbocycles. The molecular weight excluding hydrogens is 134 g/mol. The van der Waals surface area contributed by atoms with Gasteiger partial charge in [0, 0.05) is 12.8 Å². The van der Waals surface area contributed by atoms with Gasteiger partial charge in [-0.15, -0.1) is 0 Å². The van der Waals surface area contributed by atoms with Crippen molar-refractivity contribution < 1.29 is 5.32 Å². The molecule has 0 atom stereocenters. The summed E-state index contributed by atoms with van der Waals surface area (Å²) in [5.41, 5.74) is 3.02. The first-order valence-corrected chi connectivity index (χ1v) is 4.09. The van der Waals surface area contributed by atoms with E-state index in [1.54, 1.807) is 0 Å². The maximum absolute atomic E-state index is 3.83. The molecule has 0 saturated carbocycles. The largest absolute Gasteiger partial charge is 0.476 e. The van der Waals surface area contributed by atoms with Crippen molar-refractivity contribution in [1.82, 2.24) is 0 Å². The molecule has 0 aliphatic heterocycles. The predicted octanol–water partition coefficient (Wildman–Crippen LogP) is 0.509. The van der Waals surface area contributed by atoms with Crippen LogP contribution in [0.2, 0.25) is 0 Å². The molecule has 0 radical (unpaired) electrons. The van der Waals surface area contributed by atoms with E-state index in [2.05, 4.69) is 36.6 Å². The molecule has 0 amide bonds. The number of rotatable bonds is 1. The Morgan fingerprint density at radius 3 is 2.18 bits per heavy atom. The van der Waals surface area contributed by atoms with Crippen LogP contribution in [0.1, 0.15) is 11.1 Å². The van der Waals surface area contributed by atoms with Gasteiger partial charge in [0.2, 0.25) is 0 Å². The second-order valence-corrected chi connectivity index (χ2v) is 3.17. The first-order valence-electron chi connectivity index (χ1n) is 4.09. The molecule has 2 rings (SSSR count). The van der Waals surface area contributed by atoms with Crippen molar-refractivity contribution in [3.05, 3.63) is 42.4 Å². The van der Waals surface area contributed by atoms with E-state index in [9.17, 15) is 0 Å². The zero-order valence-electron chi connectivity index (χ0n) is 6.59. The molecule has 1 heteroatoms. The summed E-state index contributed by atoms with van der Waals surface area (Å²) < 4.78 is 0. The molecule has 0 saturated heterocycles. The number of hydrogen-bond acceptors (Lipinski definition) is 0. The average molecular weight is 147 g/mol. The monoisotopic (exact) mass is 147 g/mol. The zero-order chi connectivity index (χ0) is 7.68. The van der Waals surface area contributed by atoms with Gasteiger partial charge in [0.1, 0.15) is 0 Å². The third kappa shape index (κ3) is 1.16. The molecule has 1 aliphatic rings. The van der Waals surface area contributed by atoms with Gasteiger partial charge in [-0.1, -0.05) is 24.3 Å². The minimum Gasteiger partial charge on any atom is -0.476 e. The first kappa shape index (κ1) is 6.86. The van der Waals surface area contributed by atoms with Crippen molar-refractivity contribution in [2.24, 2.45) is 0 Å². The van der Waals surface area contributed by atoms with Gasteiger partial charge >= 0.3 is 0 Å². The lowest BCUT2D eigenvalue weighted by molar-refractivity contribution is -0.631. The molecule has 11 heavy (non-hydrogen) atoms. The van der Waals surface area contributed by atoms with Crippen molar-refractivity contribution in [3.63, 3.8) is 0 Å². The van der Waals surface area contributed by atoms with Gasteiger partial charge in [-0.05, 0) is 11.1 Å². The van der Waals surface area contributed by atoms with Crippen LogP contribution in [0.15, 0.2) is 24.3 Å². The predicted molar refractivity (Wildman–Crippen MR) is 44.9 cm³/mol. The van der Waals surface area contributed by atoms with Crippen LogP contribution >= 0.6 is 0 Å². The second kappa shape index (κ2) is 2.67. The van der Waals surface area contributed by atoms with E-state index >= 15 is 0 Å². The van der Waals surface area contributed by atoms with Crippen molar-refractivity contribution in [3.8, 4) is 0 Å². The standard InChI is InChI=1S/C10H13N/c1-11-10-6-8-4-2-3-5-9(8)7-10/h2-5,10H,1,6-7,11H2. The molecule has 2 N–H and O–H groups in total. The highest BCUT2D eigenvalue weighted by Gasteiger charge is 2.19. The smallest absolute Gasteiger partial charge is 0.0702 e. The molecule has 0 bridgehead atoms. The van der Waals surface area contributed by atoms with Crippen LogP contribution in [-0.2, 0) is 12.8 Å². The Kier molecular flexibility index (Phi) is 1.66. The van der Waals surface area contributed by atoms with E-state index in [1.807, 2.05) is 0 Å². The Hall–Kier alpha value is -0.820. The quantitative estimate of drug-likeness (QED) is 0.557. The van der Waals surface area contributed by atoms with Crippen molar-refractivity contribution >= 4 is 0 Å². The van der Waals surface area contributed by atoms with E-state index in [-0.39, 0.29) is 0 Å². The fourth-order valence-electron chi connectivity index (χ4n) is 1.76. The van der Waals surface area contributed by atoms with Crippen LogP contribution in [-0.4, -0.2) is 6.04 Å². The number of fused-ring (bicyclic) bond motifs is 1. The zero-order valence-corrected chi connectivity index (χ0v) is 6.59. The molecule has 1 nitrogen and oxygen atoms in total. The third-order valence-corrected chi connectivity index (χ3v) is 2.42. The summed E-state index contributed by atoms with van der Waals surface area (Å²) in [7, 11) is 3.83. The van der Waals surface area contributed by atoms with Crippen molar-refractivity contribution in [2.75, 3.05) is 0 Å². The maximum Gasteiger partial charge on any atom is 0.0702 e. The van der Waals surface area contributed by atoms with E-state index in [0.717, 1.165) is 0 Å². The second-order valence-electron chi connectivity index (χ2n) is 3.17. The Bertz CT molecular complexity index is 230. The van der Waals surface area contributed by atoms with Gasteiger partial charge in [0.25, 0.3) is 0 Å². The number of quaternary nitrogens is 1. The fourth-order valence-corrected chi connectivity index (χ4v) is 1.76. The molecule has 1 aromatic rings. The van der Waals surface area contributed by atoms with Crippen LogP contribution in [0.25, 0.3) is 0 Å². The van der Waals surface area contributed by atoms with E-state index < -0.39 is 0 Å². The molecular formula is C10H13N. The van der Waals surface area contributed by atoms with Gasteiger partial charge in [0.05, 0.1) is 6.04 Å². The lowest BCUT2D eigenvalue weighted by Crippen LogP contribution is -2.84. The van der Waals surface area contributed by atoms with Gasteiger partial charge < -0.3 is 5.32 Å².